The van der Waals surface area contributed by atoms with Crippen molar-refractivity contribution in [2.24, 2.45) is 0 Å². The van der Waals surface area contributed by atoms with Crippen molar-refractivity contribution in [1.29, 1.82) is 0 Å². The molecule has 2 amide bonds. The molecular formula is C19H14IN3O3S. The Morgan fingerprint density at radius 3 is 2.22 bits per heavy atom. The molecule has 1 heterocycles. The van der Waals surface area contributed by atoms with E-state index in [1.54, 1.807) is 48.5 Å². The molecule has 2 aromatic carbocycles. The van der Waals surface area contributed by atoms with Crippen LogP contribution in [-0.2, 0) is 0 Å². The first kappa shape index (κ1) is 19.1. The van der Waals surface area contributed by atoms with Gasteiger partial charge in [-0.3, -0.25) is 14.9 Å². The zero-order chi connectivity index (χ0) is 19.2. The molecule has 0 fully saturated rings. The van der Waals surface area contributed by atoms with Crippen molar-refractivity contribution in [1.82, 2.24) is 5.32 Å². The van der Waals surface area contributed by atoms with Crippen LogP contribution in [0.25, 0.3) is 0 Å². The summed E-state index contributed by atoms with van der Waals surface area (Å²) in [6.45, 7) is 0. The van der Waals surface area contributed by atoms with E-state index in [2.05, 4.69) is 38.5 Å². The van der Waals surface area contributed by atoms with E-state index in [9.17, 15) is 9.59 Å². The maximum atomic E-state index is 12.2. The minimum absolute atomic E-state index is 0.186. The Hall–Kier alpha value is -2.72. The third-order valence-electron chi connectivity index (χ3n) is 3.46. The highest BCUT2D eigenvalue weighted by Crippen LogP contribution is 2.15. The van der Waals surface area contributed by atoms with Gasteiger partial charge in [-0.05, 0) is 89.4 Å². The molecule has 6 nitrogen and oxygen atoms in total. The van der Waals surface area contributed by atoms with E-state index in [-0.39, 0.29) is 22.7 Å². The molecule has 0 saturated heterocycles. The van der Waals surface area contributed by atoms with Gasteiger partial charge in [-0.2, -0.15) is 0 Å². The van der Waals surface area contributed by atoms with Crippen LogP contribution in [0.15, 0.2) is 71.3 Å². The Labute approximate surface area is 174 Å². The van der Waals surface area contributed by atoms with Gasteiger partial charge in [0.1, 0.15) is 0 Å². The quantitative estimate of drug-likeness (QED) is 0.375. The Bertz CT molecular complexity index is 972. The van der Waals surface area contributed by atoms with Crippen molar-refractivity contribution >= 4 is 63.1 Å². The Morgan fingerprint density at radius 2 is 1.59 bits per heavy atom. The molecule has 27 heavy (non-hydrogen) atoms. The van der Waals surface area contributed by atoms with E-state index in [4.69, 9.17) is 16.6 Å². The first-order chi connectivity index (χ1) is 13.0. The van der Waals surface area contributed by atoms with Crippen LogP contribution in [0.2, 0.25) is 0 Å². The van der Waals surface area contributed by atoms with Gasteiger partial charge in [0.25, 0.3) is 11.8 Å². The Balaban J connectivity index is 1.55. The van der Waals surface area contributed by atoms with Crippen LogP contribution in [0.4, 0.5) is 11.4 Å². The second-order valence-electron chi connectivity index (χ2n) is 5.43. The van der Waals surface area contributed by atoms with Gasteiger partial charge in [-0.15, -0.1) is 0 Å². The summed E-state index contributed by atoms with van der Waals surface area (Å²) in [6.07, 6.45) is 1.44. The number of halogens is 1. The number of anilines is 2. The number of hydrogen-bond donors (Lipinski definition) is 3. The van der Waals surface area contributed by atoms with Crippen LogP contribution in [-0.4, -0.2) is 16.9 Å². The molecule has 0 bridgehead atoms. The smallest absolute Gasteiger partial charge is 0.291 e. The largest absolute Gasteiger partial charge is 0.459 e. The van der Waals surface area contributed by atoms with Crippen molar-refractivity contribution < 1.29 is 14.0 Å². The Morgan fingerprint density at radius 1 is 0.889 bits per heavy atom. The molecule has 0 aliphatic carbocycles. The van der Waals surface area contributed by atoms with Crippen molar-refractivity contribution in [2.75, 3.05) is 10.6 Å². The van der Waals surface area contributed by atoms with E-state index < -0.39 is 0 Å². The Kier molecular flexibility index (Phi) is 6.20. The highest BCUT2D eigenvalue weighted by atomic mass is 127. The fraction of sp³-hybridized carbons (Fsp3) is 0. The first-order valence-corrected chi connectivity index (χ1v) is 9.33. The normalized spacial score (nSPS) is 10.1. The van der Waals surface area contributed by atoms with Gasteiger partial charge in [0.15, 0.2) is 10.9 Å². The summed E-state index contributed by atoms with van der Waals surface area (Å²) in [4.78, 5) is 24.1. The first-order valence-electron chi connectivity index (χ1n) is 7.84. The van der Waals surface area contributed by atoms with Crippen molar-refractivity contribution in [2.45, 2.75) is 0 Å². The second-order valence-corrected chi connectivity index (χ2v) is 7.08. The number of thiocarbonyl (C=S) groups is 1. The zero-order valence-corrected chi connectivity index (χ0v) is 16.8. The molecule has 3 N–H and O–H groups in total. The van der Waals surface area contributed by atoms with Gasteiger partial charge < -0.3 is 15.1 Å². The molecule has 0 atom stereocenters. The fourth-order valence-corrected chi connectivity index (χ4v) is 2.96. The van der Waals surface area contributed by atoms with Crippen molar-refractivity contribution in [3.63, 3.8) is 0 Å². The number of benzene rings is 2. The maximum Gasteiger partial charge on any atom is 0.291 e. The molecule has 3 rings (SSSR count). The lowest BCUT2D eigenvalue weighted by Crippen LogP contribution is -2.34. The van der Waals surface area contributed by atoms with Crippen molar-refractivity contribution in [3.05, 3.63) is 81.8 Å². The van der Waals surface area contributed by atoms with Crippen LogP contribution in [0.1, 0.15) is 20.9 Å². The summed E-state index contributed by atoms with van der Waals surface area (Å²) >= 11 is 7.32. The SMILES string of the molecule is O=C(NC(=S)Nc1ccc(NC(=O)c2ccco2)cc1)c1cccc(I)c1. The number of carbonyl (C=O) groups is 2. The average Bonchev–Trinajstić information content (AvgIpc) is 3.18. The van der Waals surface area contributed by atoms with Crippen LogP contribution < -0.4 is 16.0 Å². The lowest BCUT2D eigenvalue weighted by molar-refractivity contribution is 0.0975. The van der Waals surface area contributed by atoms with E-state index in [0.29, 0.717) is 16.9 Å². The number of carbonyl (C=O) groups excluding carboxylic acids is 2. The molecule has 0 aliphatic heterocycles. The lowest BCUT2D eigenvalue weighted by Gasteiger charge is -2.10. The number of amides is 2. The van der Waals surface area contributed by atoms with Gasteiger partial charge >= 0.3 is 0 Å². The molecule has 0 spiro atoms. The summed E-state index contributed by atoms with van der Waals surface area (Å²) in [7, 11) is 0. The van der Waals surface area contributed by atoms with Crippen LogP contribution in [0.3, 0.4) is 0 Å². The van der Waals surface area contributed by atoms with Crippen LogP contribution in [0.5, 0.6) is 0 Å². The van der Waals surface area contributed by atoms with Gasteiger partial charge in [-0.25, -0.2) is 0 Å². The zero-order valence-electron chi connectivity index (χ0n) is 13.9. The summed E-state index contributed by atoms with van der Waals surface area (Å²) in [5, 5.41) is 8.47. The number of furan rings is 1. The highest BCUT2D eigenvalue weighted by Gasteiger charge is 2.10. The second kappa shape index (κ2) is 8.78. The lowest BCUT2D eigenvalue weighted by atomic mass is 10.2. The summed E-state index contributed by atoms with van der Waals surface area (Å²) in [5.41, 5.74) is 1.82. The van der Waals surface area contributed by atoms with Gasteiger partial charge in [-0.1, -0.05) is 6.07 Å². The molecule has 3 aromatic rings. The van der Waals surface area contributed by atoms with Crippen LogP contribution in [0, 0.1) is 3.57 Å². The molecule has 0 unspecified atom stereocenters. The van der Waals surface area contributed by atoms with Crippen LogP contribution >= 0.6 is 34.8 Å². The van der Waals surface area contributed by atoms with Crippen molar-refractivity contribution in [3.8, 4) is 0 Å². The predicted octanol–water partition coefficient (Wildman–Crippen LogP) is 4.26. The molecule has 0 aliphatic rings. The van der Waals surface area contributed by atoms with Gasteiger partial charge in [0.2, 0.25) is 0 Å². The highest BCUT2D eigenvalue weighted by molar-refractivity contribution is 14.1. The number of nitrogens with one attached hydrogen (secondary N) is 3. The minimum Gasteiger partial charge on any atom is -0.459 e. The summed E-state index contributed by atoms with van der Waals surface area (Å²) in [6, 6.07) is 17.3. The van der Waals surface area contributed by atoms with Gasteiger partial charge in [0, 0.05) is 20.5 Å². The average molecular weight is 491 g/mol. The standard InChI is InChI=1S/C19H14IN3O3S/c20-13-4-1-3-12(11-13)17(24)23-19(27)22-15-8-6-14(7-9-15)21-18(25)16-5-2-10-26-16/h1-11H,(H,21,25)(H2,22,23,24,27). The summed E-state index contributed by atoms with van der Waals surface area (Å²) < 4.78 is 6.01. The predicted molar refractivity (Wildman–Crippen MR) is 116 cm³/mol. The third-order valence-corrected chi connectivity index (χ3v) is 4.33. The van der Waals surface area contributed by atoms with Gasteiger partial charge in [0.05, 0.1) is 6.26 Å². The fourth-order valence-electron chi connectivity index (χ4n) is 2.20. The third kappa shape index (κ3) is 5.38. The monoisotopic (exact) mass is 491 g/mol. The topological polar surface area (TPSA) is 83.4 Å². The molecule has 136 valence electrons. The molecule has 0 saturated carbocycles. The van der Waals surface area contributed by atoms with E-state index in [0.717, 1.165) is 3.57 Å². The number of rotatable bonds is 4. The molecule has 8 heteroatoms. The van der Waals surface area contributed by atoms with E-state index >= 15 is 0 Å². The van der Waals surface area contributed by atoms with E-state index in [1.165, 1.54) is 6.26 Å². The summed E-state index contributed by atoms with van der Waals surface area (Å²) in [5.74, 6) is -0.383. The maximum absolute atomic E-state index is 12.2. The molecular weight excluding hydrogens is 477 g/mol. The molecule has 1 aromatic heterocycles. The molecule has 0 radical (unpaired) electrons. The number of hydrogen-bond acceptors (Lipinski definition) is 4. The van der Waals surface area contributed by atoms with E-state index in [1.807, 2.05) is 12.1 Å². The minimum atomic E-state index is -0.332.